The summed E-state index contributed by atoms with van der Waals surface area (Å²) in [7, 11) is 0. The van der Waals surface area contributed by atoms with E-state index in [1.54, 1.807) is 0 Å². The van der Waals surface area contributed by atoms with E-state index in [-0.39, 0.29) is 0 Å². The van der Waals surface area contributed by atoms with Crippen LogP contribution >= 0.6 is 22.6 Å². The van der Waals surface area contributed by atoms with Crippen molar-refractivity contribution in [2.75, 3.05) is 13.1 Å². The van der Waals surface area contributed by atoms with E-state index in [4.69, 9.17) is 0 Å². The third-order valence-electron chi connectivity index (χ3n) is 2.84. The molecule has 0 bridgehead atoms. The highest BCUT2D eigenvalue weighted by atomic mass is 127. The van der Waals surface area contributed by atoms with Gasteiger partial charge in [-0.3, -0.25) is 4.90 Å². The molecule has 1 aromatic rings. The van der Waals surface area contributed by atoms with Crippen molar-refractivity contribution in [1.82, 2.24) is 4.90 Å². The molecule has 0 unspecified atom stereocenters. The third-order valence-corrected chi connectivity index (χ3v) is 4.00. The molecule has 2 rings (SSSR count). The fourth-order valence-corrected chi connectivity index (χ4v) is 2.51. The van der Waals surface area contributed by atoms with Gasteiger partial charge in [0.15, 0.2) is 0 Å². The predicted molar refractivity (Wildman–Crippen MR) is 68.4 cm³/mol. The lowest BCUT2D eigenvalue weighted by molar-refractivity contribution is 0.331. The Balaban J connectivity index is 2.05. The molecule has 0 radical (unpaired) electrons. The van der Waals surface area contributed by atoms with Gasteiger partial charge in [0.1, 0.15) is 0 Å². The van der Waals surface area contributed by atoms with Gasteiger partial charge < -0.3 is 0 Å². The van der Waals surface area contributed by atoms with Gasteiger partial charge >= 0.3 is 0 Å². The number of hydrogen-bond acceptors (Lipinski definition) is 1. The number of hydrogen-bond donors (Lipinski definition) is 0. The summed E-state index contributed by atoms with van der Waals surface area (Å²) in [5.41, 5.74) is 2.85. The minimum absolute atomic E-state index is 1.14. The van der Waals surface area contributed by atoms with E-state index in [9.17, 15) is 0 Å². The minimum atomic E-state index is 1.14. The molecule has 76 valence electrons. The summed E-state index contributed by atoms with van der Waals surface area (Å²) < 4.78 is 1.39. The molecule has 0 amide bonds. The van der Waals surface area contributed by atoms with Crippen molar-refractivity contribution in [3.05, 3.63) is 32.9 Å². The molecule has 1 aromatic carbocycles. The Bertz CT molecular complexity index is 316. The average Bonchev–Trinajstić information content (AvgIpc) is 2.64. The van der Waals surface area contributed by atoms with Gasteiger partial charge in [0, 0.05) is 10.1 Å². The number of halogens is 1. The van der Waals surface area contributed by atoms with Crippen LogP contribution in [0.15, 0.2) is 18.2 Å². The first-order valence-corrected chi connectivity index (χ1v) is 6.31. The monoisotopic (exact) mass is 301 g/mol. The topological polar surface area (TPSA) is 3.24 Å². The lowest BCUT2D eigenvalue weighted by Crippen LogP contribution is -2.18. The summed E-state index contributed by atoms with van der Waals surface area (Å²) in [5, 5.41) is 0. The summed E-state index contributed by atoms with van der Waals surface area (Å²) >= 11 is 2.42. The van der Waals surface area contributed by atoms with Crippen molar-refractivity contribution in [3.63, 3.8) is 0 Å². The smallest absolute Gasteiger partial charge is 0.0234 e. The highest BCUT2D eigenvalue weighted by Crippen LogP contribution is 2.17. The summed E-state index contributed by atoms with van der Waals surface area (Å²) in [4.78, 5) is 2.54. The van der Waals surface area contributed by atoms with Crippen molar-refractivity contribution >= 4 is 22.6 Å². The van der Waals surface area contributed by atoms with E-state index in [0.717, 1.165) is 6.54 Å². The first-order valence-electron chi connectivity index (χ1n) is 5.23. The van der Waals surface area contributed by atoms with E-state index in [2.05, 4.69) is 52.6 Å². The van der Waals surface area contributed by atoms with Crippen LogP contribution in [0, 0.1) is 10.5 Å². The van der Waals surface area contributed by atoms with Crippen LogP contribution in [0.3, 0.4) is 0 Å². The number of benzene rings is 1. The molecule has 1 aliphatic heterocycles. The molecule has 0 atom stereocenters. The quantitative estimate of drug-likeness (QED) is 0.758. The molecule has 0 N–H and O–H groups in total. The van der Waals surface area contributed by atoms with Crippen LogP contribution in [0.4, 0.5) is 0 Å². The second kappa shape index (κ2) is 4.62. The molecule has 0 spiro atoms. The van der Waals surface area contributed by atoms with Crippen LogP contribution in [-0.2, 0) is 6.54 Å². The molecule has 0 aromatic heterocycles. The number of nitrogens with zero attached hydrogens (tertiary/aromatic N) is 1. The Morgan fingerprint density at radius 3 is 2.64 bits per heavy atom. The molecule has 0 saturated carbocycles. The Morgan fingerprint density at radius 1 is 1.29 bits per heavy atom. The summed E-state index contributed by atoms with van der Waals surface area (Å²) in [5.74, 6) is 0. The van der Waals surface area contributed by atoms with Crippen LogP contribution < -0.4 is 0 Å². The van der Waals surface area contributed by atoms with Crippen molar-refractivity contribution in [1.29, 1.82) is 0 Å². The van der Waals surface area contributed by atoms with Crippen LogP contribution in [0.5, 0.6) is 0 Å². The van der Waals surface area contributed by atoms with Crippen molar-refractivity contribution in [2.24, 2.45) is 0 Å². The van der Waals surface area contributed by atoms with Crippen LogP contribution in [-0.4, -0.2) is 18.0 Å². The molecule has 1 heterocycles. The zero-order chi connectivity index (χ0) is 9.97. The Labute approximate surface area is 99.6 Å². The van der Waals surface area contributed by atoms with Gasteiger partial charge in [-0.25, -0.2) is 0 Å². The van der Waals surface area contributed by atoms with Gasteiger partial charge in [0.25, 0.3) is 0 Å². The molecule has 1 aliphatic rings. The molecule has 1 nitrogen and oxygen atoms in total. The SMILES string of the molecule is Cc1ccc(CN2CCCC2)cc1I. The van der Waals surface area contributed by atoms with E-state index in [0.29, 0.717) is 0 Å². The van der Waals surface area contributed by atoms with Gasteiger partial charge in [-0.2, -0.15) is 0 Å². The first-order chi connectivity index (χ1) is 6.75. The van der Waals surface area contributed by atoms with Gasteiger partial charge in [0.2, 0.25) is 0 Å². The maximum absolute atomic E-state index is 2.54. The van der Waals surface area contributed by atoms with Crippen molar-refractivity contribution in [3.8, 4) is 0 Å². The van der Waals surface area contributed by atoms with E-state index < -0.39 is 0 Å². The molecule has 14 heavy (non-hydrogen) atoms. The van der Waals surface area contributed by atoms with Crippen LogP contribution in [0.2, 0.25) is 0 Å². The Hall–Kier alpha value is -0.0900. The van der Waals surface area contributed by atoms with E-state index in [1.165, 1.54) is 40.6 Å². The second-order valence-corrected chi connectivity index (χ2v) is 5.23. The van der Waals surface area contributed by atoms with Gasteiger partial charge in [-0.1, -0.05) is 12.1 Å². The molecule has 0 aliphatic carbocycles. The fourth-order valence-electron chi connectivity index (χ4n) is 1.93. The summed E-state index contributed by atoms with van der Waals surface area (Å²) in [6.07, 6.45) is 2.76. The lowest BCUT2D eigenvalue weighted by Gasteiger charge is -2.14. The van der Waals surface area contributed by atoms with E-state index in [1.807, 2.05) is 0 Å². The Kier molecular flexibility index (Phi) is 3.44. The standard InChI is InChI=1S/C12H16IN/c1-10-4-5-11(8-12(10)13)9-14-6-2-3-7-14/h4-5,8H,2-3,6-7,9H2,1H3. The molecular formula is C12H16IN. The largest absolute Gasteiger partial charge is 0.299 e. The maximum atomic E-state index is 2.54. The first kappa shape index (κ1) is 10.4. The minimum Gasteiger partial charge on any atom is -0.299 e. The van der Waals surface area contributed by atoms with Gasteiger partial charge in [0.05, 0.1) is 0 Å². The number of aryl methyl sites for hydroxylation is 1. The molecule has 2 heteroatoms. The molecular weight excluding hydrogens is 285 g/mol. The van der Waals surface area contributed by atoms with Gasteiger partial charge in [-0.15, -0.1) is 0 Å². The normalized spacial score (nSPS) is 17.6. The average molecular weight is 301 g/mol. The van der Waals surface area contributed by atoms with Crippen molar-refractivity contribution < 1.29 is 0 Å². The Morgan fingerprint density at radius 2 is 2.00 bits per heavy atom. The molecule has 1 fully saturated rings. The van der Waals surface area contributed by atoms with Crippen LogP contribution in [0.1, 0.15) is 24.0 Å². The van der Waals surface area contributed by atoms with Crippen molar-refractivity contribution in [2.45, 2.75) is 26.3 Å². The van der Waals surface area contributed by atoms with Gasteiger partial charge in [-0.05, 0) is 72.6 Å². The summed E-state index contributed by atoms with van der Waals surface area (Å²) in [6, 6.07) is 6.80. The molecule has 1 saturated heterocycles. The highest BCUT2D eigenvalue weighted by Gasteiger charge is 2.11. The second-order valence-electron chi connectivity index (χ2n) is 4.07. The maximum Gasteiger partial charge on any atom is 0.0234 e. The predicted octanol–water partition coefficient (Wildman–Crippen LogP) is 3.20. The fraction of sp³-hybridized carbons (Fsp3) is 0.500. The summed E-state index contributed by atoms with van der Waals surface area (Å²) in [6.45, 7) is 5.87. The number of likely N-dealkylation sites (tertiary alicyclic amines) is 1. The zero-order valence-electron chi connectivity index (χ0n) is 8.59. The number of rotatable bonds is 2. The lowest BCUT2D eigenvalue weighted by atomic mass is 10.1. The van der Waals surface area contributed by atoms with E-state index >= 15 is 0 Å². The zero-order valence-corrected chi connectivity index (χ0v) is 10.8. The third kappa shape index (κ3) is 2.48. The highest BCUT2D eigenvalue weighted by molar-refractivity contribution is 14.1. The van der Waals surface area contributed by atoms with Crippen LogP contribution in [0.25, 0.3) is 0 Å².